The molecule has 0 unspecified atom stereocenters. The predicted octanol–water partition coefficient (Wildman–Crippen LogP) is 2.78. The summed E-state index contributed by atoms with van der Waals surface area (Å²) in [5, 5.41) is 4.83. The minimum atomic E-state index is -0.608. The van der Waals surface area contributed by atoms with Crippen LogP contribution in [0.3, 0.4) is 0 Å². The average molecular weight is 311 g/mol. The standard InChI is InChI=1S/C13H11ClN2O3S/c14-8-1-3-9(4-2-8)16-11(17)7-19-13(18)12-10(15)5-6-20-12/h1-6H,7,15H2,(H,16,17). The molecule has 0 fully saturated rings. The van der Waals surface area contributed by atoms with Crippen molar-refractivity contribution in [2.45, 2.75) is 0 Å². The number of hydrogen-bond acceptors (Lipinski definition) is 5. The van der Waals surface area contributed by atoms with E-state index in [1.165, 1.54) is 11.3 Å². The number of esters is 1. The largest absolute Gasteiger partial charge is 0.451 e. The molecule has 20 heavy (non-hydrogen) atoms. The highest BCUT2D eigenvalue weighted by molar-refractivity contribution is 7.12. The maximum absolute atomic E-state index is 11.6. The first-order valence-electron chi connectivity index (χ1n) is 5.62. The van der Waals surface area contributed by atoms with Crippen LogP contribution in [-0.2, 0) is 9.53 Å². The topological polar surface area (TPSA) is 81.4 Å². The van der Waals surface area contributed by atoms with Crippen LogP contribution in [0.15, 0.2) is 35.7 Å². The second kappa shape index (κ2) is 6.40. The fraction of sp³-hybridized carbons (Fsp3) is 0.0769. The lowest BCUT2D eigenvalue weighted by Crippen LogP contribution is -2.20. The molecule has 0 aliphatic heterocycles. The van der Waals surface area contributed by atoms with Crippen molar-refractivity contribution in [1.29, 1.82) is 0 Å². The molecule has 104 valence electrons. The van der Waals surface area contributed by atoms with Gasteiger partial charge in [0.2, 0.25) is 0 Å². The maximum atomic E-state index is 11.6. The smallest absolute Gasteiger partial charge is 0.350 e. The third-order valence-electron chi connectivity index (χ3n) is 2.34. The molecule has 7 heteroatoms. The zero-order chi connectivity index (χ0) is 14.5. The number of halogens is 1. The molecular formula is C13H11ClN2O3S. The van der Waals surface area contributed by atoms with Gasteiger partial charge in [0.05, 0.1) is 5.69 Å². The summed E-state index contributed by atoms with van der Waals surface area (Å²) >= 11 is 6.90. The summed E-state index contributed by atoms with van der Waals surface area (Å²) < 4.78 is 4.88. The number of hydrogen-bond donors (Lipinski definition) is 2. The molecule has 0 atom stereocenters. The van der Waals surface area contributed by atoms with Crippen molar-refractivity contribution >= 4 is 46.2 Å². The van der Waals surface area contributed by atoms with Crippen molar-refractivity contribution in [2.75, 3.05) is 17.7 Å². The van der Waals surface area contributed by atoms with Crippen LogP contribution in [0.25, 0.3) is 0 Å². The first-order valence-corrected chi connectivity index (χ1v) is 6.87. The minimum Gasteiger partial charge on any atom is -0.451 e. The molecule has 3 N–H and O–H groups in total. The Bertz CT molecular complexity index is 625. The molecule has 0 saturated heterocycles. The van der Waals surface area contributed by atoms with Gasteiger partial charge in [-0.25, -0.2) is 4.79 Å². The van der Waals surface area contributed by atoms with E-state index >= 15 is 0 Å². The van der Waals surface area contributed by atoms with Crippen LogP contribution in [0.2, 0.25) is 5.02 Å². The molecular weight excluding hydrogens is 300 g/mol. The summed E-state index contributed by atoms with van der Waals surface area (Å²) in [7, 11) is 0. The van der Waals surface area contributed by atoms with Crippen LogP contribution >= 0.6 is 22.9 Å². The number of carbonyl (C=O) groups is 2. The van der Waals surface area contributed by atoms with E-state index in [1.807, 2.05) is 0 Å². The Hall–Kier alpha value is -2.05. The SMILES string of the molecule is Nc1ccsc1C(=O)OCC(=O)Nc1ccc(Cl)cc1. The Balaban J connectivity index is 1.85. The van der Waals surface area contributed by atoms with Gasteiger partial charge in [0.15, 0.2) is 6.61 Å². The summed E-state index contributed by atoms with van der Waals surface area (Å²) in [6.45, 7) is -0.376. The number of nitrogen functional groups attached to an aromatic ring is 1. The number of carbonyl (C=O) groups excluding carboxylic acids is 2. The third-order valence-corrected chi connectivity index (χ3v) is 3.51. The number of thiophene rings is 1. The summed E-state index contributed by atoms with van der Waals surface area (Å²) in [6, 6.07) is 8.21. The summed E-state index contributed by atoms with van der Waals surface area (Å²) in [5.41, 5.74) is 6.50. The van der Waals surface area contributed by atoms with Gasteiger partial charge in [0, 0.05) is 10.7 Å². The average Bonchev–Trinajstić information content (AvgIpc) is 2.85. The van der Waals surface area contributed by atoms with Gasteiger partial charge in [-0.05, 0) is 35.7 Å². The van der Waals surface area contributed by atoms with E-state index < -0.39 is 11.9 Å². The van der Waals surface area contributed by atoms with Gasteiger partial charge in [-0.1, -0.05) is 11.6 Å². The summed E-state index contributed by atoms with van der Waals surface area (Å²) in [4.78, 5) is 23.5. The van der Waals surface area contributed by atoms with Gasteiger partial charge < -0.3 is 15.8 Å². The van der Waals surface area contributed by atoms with E-state index in [0.717, 1.165) is 0 Å². The van der Waals surface area contributed by atoms with Crippen LogP contribution < -0.4 is 11.1 Å². The summed E-state index contributed by atoms with van der Waals surface area (Å²) in [6.07, 6.45) is 0. The highest BCUT2D eigenvalue weighted by atomic mass is 35.5. The fourth-order valence-electron chi connectivity index (χ4n) is 1.41. The molecule has 2 aromatic rings. The molecule has 1 aromatic carbocycles. The van der Waals surface area contributed by atoms with Crippen LogP contribution in [0.5, 0.6) is 0 Å². The van der Waals surface area contributed by atoms with Crippen molar-refractivity contribution in [1.82, 2.24) is 0 Å². The molecule has 0 saturated carbocycles. The first-order chi connectivity index (χ1) is 9.56. The monoisotopic (exact) mass is 310 g/mol. The molecule has 1 amide bonds. The van der Waals surface area contributed by atoms with Gasteiger partial charge in [-0.3, -0.25) is 4.79 Å². The van der Waals surface area contributed by atoms with Crippen molar-refractivity contribution in [3.05, 3.63) is 45.6 Å². The van der Waals surface area contributed by atoms with Gasteiger partial charge in [-0.2, -0.15) is 0 Å². The Morgan fingerprint density at radius 2 is 1.95 bits per heavy atom. The van der Waals surface area contributed by atoms with Crippen molar-refractivity contribution < 1.29 is 14.3 Å². The minimum absolute atomic E-state index is 0.296. The molecule has 0 spiro atoms. The van der Waals surface area contributed by atoms with Crippen molar-refractivity contribution in [3.8, 4) is 0 Å². The van der Waals surface area contributed by atoms with Gasteiger partial charge in [-0.15, -0.1) is 11.3 Å². The Morgan fingerprint density at radius 1 is 1.25 bits per heavy atom. The number of ether oxygens (including phenoxy) is 1. The molecule has 5 nitrogen and oxygen atoms in total. The van der Waals surface area contributed by atoms with Gasteiger partial charge in [0.1, 0.15) is 4.88 Å². The predicted molar refractivity (Wildman–Crippen MR) is 79.1 cm³/mol. The first kappa shape index (κ1) is 14.4. The van der Waals surface area contributed by atoms with E-state index in [-0.39, 0.29) is 6.61 Å². The molecule has 1 heterocycles. The second-order valence-electron chi connectivity index (χ2n) is 3.84. The Morgan fingerprint density at radius 3 is 2.55 bits per heavy atom. The highest BCUT2D eigenvalue weighted by Crippen LogP contribution is 2.19. The molecule has 0 bridgehead atoms. The number of amides is 1. The van der Waals surface area contributed by atoms with E-state index in [0.29, 0.717) is 21.3 Å². The molecule has 1 aromatic heterocycles. The third kappa shape index (κ3) is 3.72. The van der Waals surface area contributed by atoms with Crippen LogP contribution in [0, 0.1) is 0 Å². The number of nitrogens with two attached hydrogens (primary N) is 1. The van der Waals surface area contributed by atoms with Crippen LogP contribution in [0.4, 0.5) is 11.4 Å². The number of nitrogens with one attached hydrogen (secondary N) is 1. The van der Waals surface area contributed by atoms with Crippen molar-refractivity contribution in [2.24, 2.45) is 0 Å². The number of anilines is 2. The Kier molecular flexibility index (Phi) is 4.60. The lowest BCUT2D eigenvalue weighted by molar-refractivity contribution is -0.119. The van der Waals surface area contributed by atoms with Crippen molar-refractivity contribution in [3.63, 3.8) is 0 Å². The lowest BCUT2D eigenvalue weighted by Gasteiger charge is -2.06. The van der Waals surface area contributed by atoms with E-state index in [2.05, 4.69) is 5.32 Å². The molecule has 0 radical (unpaired) electrons. The molecule has 0 aliphatic carbocycles. The quantitative estimate of drug-likeness (QED) is 0.851. The van der Waals surface area contributed by atoms with E-state index in [1.54, 1.807) is 35.7 Å². The highest BCUT2D eigenvalue weighted by Gasteiger charge is 2.14. The van der Waals surface area contributed by atoms with Gasteiger partial charge in [0.25, 0.3) is 5.91 Å². The second-order valence-corrected chi connectivity index (χ2v) is 5.19. The molecule has 2 rings (SSSR count). The van der Waals surface area contributed by atoms with Crippen LogP contribution in [0.1, 0.15) is 9.67 Å². The Labute approximate surface area is 124 Å². The lowest BCUT2D eigenvalue weighted by atomic mass is 10.3. The maximum Gasteiger partial charge on any atom is 0.350 e. The van der Waals surface area contributed by atoms with E-state index in [4.69, 9.17) is 22.1 Å². The zero-order valence-electron chi connectivity index (χ0n) is 10.3. The number of benzene rings is 1. The van der Waals surface area contributed by atoms with E-state index in [9.17, 15) is 9.59 Å². The van der Waals surface area contributed by atoms with Gasteiger partial charge >= 0.3 is 5.97 Å². The zero-order valence-corrected chi connectivity index (χ0v) is 11.8. The number of rotatable bonds is 4. The normalized spacial score (nSPS) is 10.1. The van der Waals surface area contributed by atoms with Crippen LogP contribution in [-0.4, -0.2) is 18.5 Å². The fourth-order valence-corrected chi connectivity index (χ4v) is 2.25. The molecule has 0 aliphatic rings. The summed E-state index contributed by atoms with van der Waals surface area (Å²) in [5.74, 6) is -1.04.